The molecule has 178 valence electrons. The molecule has 1 aromatic heterocycles. The average molecular weight is 459 g/mol. The van der Waals surface area contributed by atoms with Crippen LogP contribution in [0.1, 0.15) is 38.4 Å². The summed E-state index contributed by atoms with van der Waals surface area (Å²) in [7, 11) is 0. The Morgan fingerprint density at radius 3 is 2.61 bits per heavy atom. The first-order valence-electron chi connectivity index (χ1n) is 11.1. The Morgan fingerprint density at radius 1 is 1.18 bits per heavy atom. The third-order valence-corrected chi connectivity index (χ3v) is 5.07. The van der Waals surface area contributed by atoms with Crippen LogP contribution in [0.25, 0.3) is 0 Å². The number of anilines is 2. The lowest BCUT2D eigenvalue weighted by molar-refractivity contribution is -0.125. The molecule has 0 spiro atoms. The predicted molar refractivity (Wildman–Crippen MR) is 121 cm³/mol. The smallest absolute Gasteiger partial charge is 0.240 e. The zero-order valence-electron chi connectivity index (χ0n) is 19.0. The summed E-state index contributed by atoms with van der Waals surface area (Å²) in [5.41, 5.74) is 0.545. The van der Waals surface area contributed by atoms with Crippen molar-refractivity contribution in [3.63, 3.8) is 0 Å². The van der Waals surface area contributed by atoms with Crippen LogP contribution in [-0.2, 0) is 19.1 Å². The van der Waals surface area contributed by atoms with Gasteiger partial charge in [-0.25, -0.2) is 0 Å². The highest BCUT2D eigenvalue weighted by molar-refractivity contribution is 6.01. The average Bonchev–Trinajstić information content (AvgIpc) is 3.47. The molecule has 1 atom stereocenters. The molecule has 1 unspecified atom stereocenters. The molecule has 2 aromatic rings. The van der Waals surface area contributed by atoms with Gasteiger partial charge >= 0.3 is 0 Å². The van der Waals surface area contributed by atoms with Gasteiger partial charge in [0.15, 0.2) is 5.82 Å². The number of aromatic nitrogens is 1. The van der Waals surface area contributed by atoms with Gasteiger partial charge in [0.1, 0.15) is 18.1 Å². The molecule has 3 rings (SSSR count). The maximum Gasteiger partial charge on any atom is 0.240 e. The number of nitrogens with zero attached hydrogens (tertiary/aromatic N) is 2. The minimum absolute atomic E-state index is 0.00689. The van der Waals surface area contributed by atoms with Crippen LogP contribution >= 0.6 is 0 Å². The normalized spacial score (nSPS) is 15.2. The summed E-state index contributed by atoms with van der Waals surface area (Å²) >= 11 is 0. The van der Waals surface area contributed by atoms with Crippen LogP contribution in [0.4, 0.5) is 11.5 Å². The quantitative estimate of drug-likeness (QED) is 0.530. The largest absolute Gasteiger partial charge is 0.494 e. The molecule has 33 heavy (non-hydrogen) atoms. The molecule has 2 N–H and O–H groups in total. The second-order valence-electron chi connectivity index (χ2n) is 7.72. The van der Waals surface area contributed by atoms with E-state index >= 15 is 0 Å². The topological polar surface area (TPSA) is 123 Å². The number of aryl methyl sites for hydroxylation is 1. The lowest BCUT2D eigenvalue weighted by Crippen LogP contribution is -2.43. The summed E-state index contributed by atoms with van der Waals surface area (Å²) in [4.78, 5) is 39.1. The minimum Gasteiger partial charge on any atom is -0.494 e. The fourth-order valence-corrected chi connectivity index (χ4v) is 3.43. The standard InChI is InChI=1S/C23H30N4O6/c1-3-31-18-8-6-17(7-9-18)27(15-22(29)24-14-19-5-4-12-32-19)23(30)11-10-21(28)25-20-13-16(2)33-26-20/h6-9,13,19H,3-5,10-12,14-15H2,1-2H3,(H,24,29)(H,25,26,28). The van der Waals surface area contributed by atoms with Gasteiger partial charge in [0, 0.05) is 37.7 Å². The Labute approximate surface area is 192 Å². The van der Waals surface area contributed by atoms with Gasteiger partial charge in [0.05, 0.1) is 12.7 Å². The van der Waals surface area contributed by atoms with Crippen molar-refractivity contribution in [3.8, 4) is 5.75 Å². The Balaban J connectivity index is 1.60. The van der Waals surface area contributed by atoms with Crippen molar-refractivity contribution in [1.82, 2.24) is 10.5 Å². The van der Waals surface area contributed by atoms with E-state index in [2.05, 4.69) is 15.8 Å². The maximum absolute atomic E-state index is 13.0. The first-order valence-corrected chi connectivity index (χ1v) is 11.1. The van der Waals surface area contributed by atoms with Crippen LogP contribution in [0, 0.1) is 6.92 Å². The van der Waals surface area contributed by atoms with Gasteiger partial charge in [-0.15, -0.1) is 0 Å². The van der Waals surface area contributed by atoms with Crippen LogP contribution in [0.2, 0.25) is 0 Å². The molecule has 1 aliphatic rings. The molecule has 1 aromatic carbocycles. The van der Waals surface area contributed by atoms with Gasteiger partial charge in [-0.05, 0) is 51.0 Å². The summed E-state index contributed by atoms with van der Waals surface area (Å²) in [5.74, 6) is 0.511. The van der Waals surface area contributed by atoms with Gasteiger partial charge < -0.3 is 29.5 Å². The van der Waals surface area contributed by atoms with E-state index in [0.717, 1.165) is 12.8 Å². The monoisotopic (exact) mass is 458 g/mol. The van der Waals surface area contributed by atoms with Gasteiger partial charge in [0.25, 0.3) is 0 Å². The molecule has 3 amide bonds. The summed E-state index contributed by atoms with van der Waals surface area (Å²) in [6, 6.07) is 8.50. The molecule has 0 radical (unpaired) electrons. The second kappa shape index (κ2) is 12.0. The zero-order chi connectivity index (χ0) is 23.6. The highest BCUT2D eigenvalue weighted by Crippen LogP contribution is 2.21. The van der Waals surface area contributed by atoms with E-state index in [1.807, 2.05) is 6.92 Å². The first-order chi connectivity index (χ1) is 15.9. The number of amides is 3. The third kappa shape index (κ3) is 7.60. The van der Waals surface area contributed by atoms with Crippen LogP contribution in [0.15, 0.2) is 34.9 Å². The van der Waals surface area contributed by atoms with Crippen molar-refractivity contribution in [2.24, 2.45) is 0 Å². The molecule has 0 aliphatic carbocycles. The Kier molecular flexibility index (Phi) is 8.82. The van der Waals surface area contributed by atoms with Gasteiger partial charge in [-0.3, -0.25) is 14.4 Å². The molecule has 10 heteroatoms. The lowest BCUT2D eigenvalue weighted by Gasteiger charge is -2.23. The number of hydrogen-bond acceptors (Lipinski definition) is 7. The van der Waals surface area contributed by atoms with Crippen molar-refractivity contribution >= 4 is 29.2 Å². The molecule has 1 fully saturated rings. The Morgan fingerprint density at radius 2 is 1.97 bits per heavy atom. The van der Waals surface area contributed by atoms with Crippen LogP contribution in [-0.4, -0.2) is 55.3 Å². The fourth-order valence-electron chi connectivity index (χ4n) is 3.43. The van der Waals surface area contributed by atoms with Crippen molar-refractivity contribution < 1.29 is 28.4 Å². The van der Waals surface area contributed by atoms with Crippen LogP contribution in [0.5, 0.6) is 5.75 Å². The Hall–Kier alpha value is -3.40. The van der Waals surface area contributed by atoms with Gasteiger partial charge in [-0.2, -0.15) is 0 Å². The van der Waals surface area contributed by atoms with Crippen LogP contribution < -0.4 is 20.3 Å². The summed E-state index contributed by atoms with van der Waals surface area (Å²) in [6.07, 6.45) is 1.76. The van der Waals surface area contributed by atoms with Crippen molar-refractivity contribution in [2.75, 3.05) is 36.5 Å². The van der Waals surface area contributed by atoms with E-state index in [4.69, 9.17) is 14.0 Å². The summed E-state index contributed by atoms with van der Waals surface area (Å²) in [5, 5.41) is 9.12. The summed E-state index contributed by atoms with van der Waals surface area (Å²) in [6.45, 7) is 5.06. The second-order valence-corrected chi connectivity index (χ2v) is 7.72. The SMILES string of the molecule is CCOc1ccc(N(CC(=O)NCC2CCCO2)C(=O)CCC(=O)Nc2cc(C)on2)cc1. The van der Waals surface area contributed by atoms with E-state index in [1.54, 1.807) is 37.3 Å². The lowest BCUT2D eigenvalue weighted by atomic mass is 10.2. The van der Waals surface area contributed by atoms with Crippen molar-refractivity contribution in [2.45, 2.75) is 45.6 Å². The summed E-state index contributed by atoms with van der Waals surface area (Å²) < 4.78 is 15.9. The van der Waals surface area contributed by atoms with Gasteiger partial charge in [-0.1, -0.05) is 5.16 Å². The number of hydrogen-bond donors (Lipinski definition) is 2. The molecule has 0 bridgehead atoms. The fraction of sp³-hybridized carbons (Fsp3) is 0.478. The van der Waals surface area contributed by atoms with Crippen LogP contribution in [0.3, 0.4) is 0 Å². The molecule has 1 saturated heterocycles. The van der Waals surface area contributed by atoms with E-state index in [9.17, 15) is 14.4 Å². The van der Waals surface area contributed by atoms with E-state index in [1.165, 1.54) is 4.90 Å². The number of nitrogens with one attached hydrogen (secondary N) is 2. The number of carbonyl (C=O) groups excluding carboxylic acids is 3. The third-order valence-electron chi connectivity index (χ3n) is 5.07. The zero-order valence-corrected chi connectivity index (χ0v) is 19.0. The van der Waals surface area contributed by atoms with E-state index in [-0.39, 0.29) is 43.2 Å². The highest BCUT2D eigenvalue weighted by atomic mass is 16.5. The van der Waals surface area contributed by atoms with Crippen molar-refractivity contribution in [3.05, 3.63) is 36.1 Å². The molecular weight excluding hydrogens is 428 g/mol. The molecule has 1 aliphatic heterocycles. The van der Waals surface area contributed by atoms with Gasteiger partial charge in [0.2, 0.25) is 17.7 Å². The van der Waals surface area contributed by atoms with Crippen molar-refractivity contribution in [1.29, 1.82) is 0 Å². The minimum atomic E-state index is -0.369. The molecular formula is C23H30N4O6. The number of ether oxygens (including phenoxy) is 2. The maximum atomic E-state index is 13.0. The number of benzene rings is 1. The predicted octanol–water partition coefficient (Wildman–Crippen LogP) is 2.43. The Bertz CT molecular complexity index is 937. The van der Waals surface area contributed by atoms with E-state index in [0.29, 0.717) is 42.8 Å². The number of carbonyl (C=O) groups is 3. The molecule has 0 saturated carbocycles. The first kappa shape index (κ1) is 24.2. The van der Waals surface area contributed by atoms with E-state index < -0.39 is 0 Å². The number of rotatable bonds is 11. The molecule has 10 nitrogen and oxygen atoms in total. The molecule has 2 heterocycles. The highest BCUT2D eigenvalue weighted by Gasteiger charge is 2.22.